The van der Waals surface area contributed by atoms with E-state index < -0.39 is 0 Å². The summed E-state index contributed by atoms with van der Waals surface area (Å²) >= 11 is 0. The van der Waals surface area contributed by atoms with Crippen LogP contribution in [0.1, 0.15) is 24.1 Å². The minimum atomic E-state index is -0.302. The van der Waals surface area contributed by atoms with Gasteiger partial charge in [-0.05, 0) is 37.6 Å². The van der Waals surface area contributed by atoms with Crippen molar-refractivity contribution in [2.45, 2.75) is 19.9 Å². The third-order valence-electron chi connectivity index (χ3n) is 3.70. The van der Waals surface area contributed by atoms with Crippen molar-refractivity contribution in [3.63, 3.8) is 0 Å². The topological polar surface area (TPSA) is 73.5 Å². The molecule has 0 aromatic heterocycles. The van der Waals surface area contributed by atoms with Gasteiger partial charge in [-0.1, -0.05) is 35.9 Å². The summed E-state index contributed by atoms with van der Waals surface area (Å²) in [4.78, 5) is 25.3. The lowest BCUT2D eigenvalue weighted by Gasteiger charge is -2.16. The van der Waals surface area contributed by atoms with Gasteiger partial charge in [-0.25, -0.2) is 9.59 Å². The first-order valence-electron chi connectivity index (χ1n) is 8.07. The largest absolute Gasteiger partial charge is 0.331 e. The number of benzene rings is 2. The number of hydrogen-bond acceptors (Lipinski definition) is 2. The summed E-state index contributed by atoms with van der Waals surface area (Å²) in [6, 6.07) is 14.4. The minimum Gasteiger partial charge on any atom is -0.331 e. The summed E-state index contributed by atoms with van der Waals surface area (Å²) in [6.07, 6.45) is 0. The Hall–Kier alpha value is -3.02. The molecule has 0 aliphatic carbocycles. The van der Waals surface area contributed by atoms with Crippen molar-refractivity contribution in [1.29, 1.82) is 0 Å². The molecule has 1 atom stereocenters. The third kappa shape index (κ3) is 5.53. The predicted octanol–water partition coefficient (Wildman–Crippen LogP) is 3.97. The van der Waals surface area contributed by atoms with Gasteiger partial charge in [0.1, 0.15) is 0 Å². The van der Waals surface area contributed by atoms with Gasteiger partial charge < -0.3 is 20.9 Å². The summed E-state index contributed by atoms with van der Waals surface area (Å²) in [5.74, 6) is 0. The molecule has 0 fully saturated rings. The van der Waals surface area contributed by atoms with Crippen LogP contribution in [0.3, 0.4) is 0 Å². The monoisotopic (exact) mass is 340 g/mol. The number of nitrogens with one attached hydrogen (secondary N) is 3. The maximum atomic E-state index is 12.2. The maximum Gasteiger partial charge on any atom is 0.321 e. The van der Waals surface area contributed by atoms with Crippen LogP contribution in [0, 0.1) is 6.92 Å². The molecular formula is C19H24N4O2. The van der Waals surface area contributed by atoms with Gasteiger partial charge in [-0.15, -0.1) is 0 Å². The van der Waals surface area contributed by atoms with Crippen LogP contribution >= 0.6 is 0 Å². The van der Waals surface area contributed by atoms with Crippen molar-refractivity contribution >= 4 is 23.4 Å². The van der Waals surface area contributed by atoms with Crippen molar-refractivity contribution in [1.82, 2.24) is 10.2 Å². The molecule has 1 unspecified atom stereocenters. The highest BCUT2D eigenvalue weighted by atomic mass is 16.2. The molecule has 3 N–H and O–H groups in total. The SMILES string of the molecule is Cc1ccc(C(C)NC(=O)Nc2cccc(NC(=O)N(C)C)c2)cc1. The van der Waals surface area contributed by atoms with Crippen LogP contribution in [0.15, 0.2) is 48.5 Å². The van der Waals surface area contributed by atoms with E-state index in [0.29, 0.717) is 11.4 Å². The standard InChI is InChI=1S/C19H24N4O2/c1-13-8-10-15(11-9-13)14(2)20-18(24)21-16-6-5-7-17(12-16)22-19(25)23(3)4/h5-12,14H,1-4H3,(H,22,25)(H2,20,21,24). The fourth-order valence-electron chi connectivity index (χ4n) is 2.21. The van der Waals surface area contributed by atoms with Crippen LogP contribution in [0.2, 0.25) is 0 Å². The second-order valence-corrected chi connectivity index (χ2v) is 6.14. The van der Waals surface area contributed by atoms with Gasteiger partial charge in [0.2, 0.25) is 0 Å². The number of urea groups is 2. The molecule has 0 saturated carbocycles. The molecule has 2 aromatic carbocycles. The average Bonchev–Trinajstić information content (AvgIpc) is 2.55. The Morgan fingerprint density at radius 1 is 0.960 bits per heavy atom. The first-order chi connectivity index (χ1) is 11.8. The van der Waals surface area contributed by atoms with Crippen LogP contribution in [0.25, 0.3) is 0 Å². The number of anilines is 2. The Morgan fingerprint density at radius 3 is 2.16 bits per heavy atom. The molecule has 0 spiro atoms. The van der Waals surface area contributed by atoms with Gasteiger partial charge in [0, 0.05) is 25.5 Å². The van der Waals surface area contributed by atoms with Gasteiger partial charge in [-0.3, -0.25) is 0 Å². The predicted molar refractivity (Wildman–Crippen MR) is 101 cm³/mol. The summed E-state index contributed by atoms with van der Waals surface area (Å²) in [5, 5.41) is 8.42. The van der Waals surface area contributed by atoms with E-state index in [1.165, 1.54) is 10.5 Å². The molecule has 0 bridgehead atoms. The van der Waals surface area contributed by atoms with Crippen molar-refractivity contribution in [2.24, 2.45) is 0 Å². The number of aryl methyl sites for hydroxylation is 1. The zero-order valence-corrected chi connectivity index (χ0v) is 15.0. The molecule has 4 amide bonds. The highest BCUT2D eigenvalue weighted by Gasteiger charge is 2.10. The lowest BCUT2D eigenvalue weighted by Crippen LogP contribution is -2.31. The Bertz CT molecular complexity index is 741. The molecule has 0 heterocycles. The zero-order chi connectivity index (χ0) is 18.4. The number of carbonyl (C=O) groups excluding carboxylic acids is 2. The number of hydrogen-bond donors (Lipinski definition) is 3. The fourth-order valence-corrected chi connectivity index (χ4v) is 2.21. The quantitative estimate of drug-likeness (QED) is 0.788. The average molecular weight is 340 g/mol. The van der Waals surface area contributed by atoms with Gasteiger partial charge in [0.15, 0.2) is 0 Å². The molecule has 132 valence electrons. The van der Waals surface area contributed by atoms with E-state index in [0.717, 1.165) is 5.56 Å². The van der Waals surface area contributed by atoms with E-state index in [2.05, 4.69) is 16.0 Å². The van der Waals surface area contributed by atoms with Crippen LogP contribution in [0.4, 0.5) is 21.0 Å². The van der Waals surface area contributed by atoms with E-state index >= 15 is 0 Å². The van der Waals surface area contributed by atoms with Crippen molar-refractivity contribution in [3.05, 3.63) is 59.7 Å². The van der Waals surface area contributed by atoms with Crippen molar-refractivity contribution in [2.75, 3.05) is 24.7 Å². The molecule has 6 nitrogen and oxygen atoms in total. The first-order valence-corrected chi connectivity index (χ1v) is 8.07. The van der Waals surface area contributed by atoms with Crippen LogP contribution in [0.5, 0.6) is 0 Å². The molecule has 0 aliphatic heterocycles. The normalized spacial score (nSPS) is 11.4. The van der Waals surface area contributed by atoms with E-state index in [1.54, 1.807) is 38.4 Å². The van der Waals surface area contributed by atoms with Crippen molar-refractivity contribution < 1.29 is 9.59 Å². The van der Waals surface area contributed by atoms with Crippen LogP contribution in [-0.2, 0) is 0 Å². The van der Waals surface area contributed by atoms with Gasteiger partial charge in [-0.2, -0.15) is 0 Å². The Labute approximate surface area is 148 Å². The van der Waals surface area contributed by atoms with Crippen molar-refractivity contribution in [3.8, 4) is 0 Å². The van der Waals surface area contributed by atoms with Gasteiger partial charge in [0.05, 0.1) is 6.04 Å². The smallest absolute Gasteiger partial charge is 0.321 e. The lowest BCUT2D eigenvalue weighted by atomic mass is 10.1. The summed E-state index contributed by atoms with van der Waals surface area (Å²) < 4.78 is 0. The first kappa shape index (κ1) is 18.3. The van der Waals surface area contributed by atoms with Crippen LogP contribution in [-0.4, -0.2) is 31.1 Å². The van der Waals surface area contributed by atoms with E-state index in [-0.39, 0.29) is 18.1 Å². The minimum absolute atomic E-state index is 0.114. The van der Waals surface area contributed by atoms with E-state index in [1.807, 2.05) is 38.1 Å². The molecule has 6 heteroatoms. The Kier molecular flexibility index (Phi) is 6.00. The highest BCUT2D eigenvalue weighted by molar-refractivity contribution is 5.92. The molecule has 2 aromatic rings. The zero-order valence-electron chi connectivity index (χ0n) is 15.0. The summed E-state index contributed by atoms with van der Waals surface area (Å²) in [6.45, 7) is 3.95. The number of amides is 4. The summed E-state index contributed by atoms with van der Waals surface area (Å²) in [5.41, 5.74) is 3.43. The second-order valence-electron chi connectivity index (χ2n) is 6.14. The van der Waals surface area contributed by atoms with Crippen LogP contribution < -0.4 is 16.0 Å². The molecule has 25 heavy (non-hydrogen) atoms. The third-order valence-corrected chi connectivity index (χ3v) is 3.70. The summed E-state index contributed by atoms with van der Waals surface area (Å²) in [7, 11) is 3.33. The van der Waals surface area contributed by atoms with E-state index in [4.69, 9.17) is 0 Å². The second kappa shape index (κ2) is 8.19. The molecular weight excluding hydrogens is 316 g/mol. The molecule has 0 radical (unpaired) electrons. The fraction of sp³-hybridized carbons (Fsp3) is 0.263. The molecule has 2 rings (SSSR count). The molecule has 0 saturated heterocycles. The number of rotatable bonds is 4. The number of carbonyl (C=O) groups is 2. The van der Waals surface area contributed by atoms with Gasteiger partial charge in [0.25, 0.3) is 0 Å². The highest BCUT2D eigenvalue weighted by Crippen LogP contribution is 2.17. The van der Waals surface area contributed by atoms with E-state index in [9.17, 15) is 9.59 Å². The van der Waals surface area contributed by atoms with Gasteiger partial charge >= 0.3 is 12.1 Å². The molecule has 0 aliphatic rings. The maximum absolute atomic E-state index is 12.2. The lowest BCUT2D eigenvalue weighted by molar-refractivity contribution is 0.230. The number of nitrogens with zero attached hydrogens (tertiary/aromatic N) is 1. The Balaban J connectivity index is 1.96. The Morgan fingerprint density at radius 2 is 1.56 bits per heavy atom.